The van der Waals surface area contributed by atoms with Crippen molar-refractivity contribution in [3.8, 4) is 0 Å². The third-order valence-corrected chi connectivity index (χ3v) is 4.03. The van der Waals surface area contributed by atoms with Gasteiger partial charge in [-0.1, -0.05) is 0 Å². The van der Waals surface area contributed by atoms with Gasteiger partial charge in [0.1, 0.15) is 5.60 Å². The van der Waals surface area contributed by atoms with Crippen LogP contribution in [0.5, 0.6) is 0 Å². The van der Waals surface area contributed by atoms with Gasteiger partial charge < -0.3 is 25.2 Å². The highest BCUT2D eigenvalue weighted by molar-refractivity contribution is 14.0. The molecule has 6 nitrogen and oxygen atoms in total. The standard InChI is InChI=1S/C14H23N3O3S.HI/c1-14(18,11-3-6-21-9-11)10-17-13(15-2)16-7-12-8-19-4-5-20-12;/h3,6,9,12,18H,4-5,7-8,10H2,1-2H3,(H2,15,16,17);1H. The number of guanidine groups is 1. The summed E-state index contributed by atoms with van der Waals surface area (Å²) >= 11 is 1.57. The van der Waals surface area contributed by atoms with Crippen molar-refractivity contribution in [2.24, 2.45) is 4.99 Å². The first kappa shape index (κ1) is 19.6. The molecule has 0 bridgehead atoms. The van der Waals surface area contributed by atoms with Crippen LogP contribution in [0.25, 0.3) is 0 Å². The van der Waals surface area contributed by atoms with E-state index in [9.17, 15) is 5.11 Å². The zero-order valence-electron chi connectivity index (χ0n) is 12.9. The first-order chi connectivity index (χ1) is 10.1. The van der Waals surface area contributed by atoms with Gasteiger partial charge in [0, 0.05) is 13.6 Å². The van der Waals surface area contributed by atoms with Crippen LogP contribution in [0.3, 0.4) is 0 Å². The van der Waals surface area contributed by atoms with Crippen molar-refractivity contribution in [3.63, 3.8) is 0 Å². The third kappa shape index (κ3) is 5.99. The number of hydrogen-bond acceptors (Lipinski definition) is 5. The van der Waals surface area contributed by atoms with Gasteiger partial charge in [0.05, 0.1) is 32.5 Å². The molecule has 8 heteroatoms. The van der Waals surface area contributed by atoms with Crippen LogP contribution in [0.2, 0.25) is 0 Å². The molecule has 2 atom stereocenters. The van der Waals surface area contributed by atoms with Crippen molar-refractivity contribution in [1.29, 1.82) is 0 Å². The lowest BCUT2D eigenvalue weighted by atomic mass is 9.99. The topological polar surface area (TPSA) is 75.1 Å². The monoisotopic (exact) mass is 441 g/mol. The number of ether oxygens (including phenoxy) is 2. The molecule has 1 aromatic heterocycles. The van der Waals surface area contributed by atoms with Crippen molar-refractivity contribution in [3.05, 3.63) is 22.4 Å². The molecular formula is C14H24IN3O3S. The number of nitrogens with zero attached hydrogens (tertiary/aromatic N) is 1. The molecule has 1 aliphatic heterocycles. The lowest BCUT2D eigenvalue weighted by Gasteiger charge is -2.26. The Balaban J connectivity index is 0.00000242. The third-order valence-electron chi connectivity index (χ3n) is 3.35. The second-order valence-electron chi connectivity index (χ2n) is 5.16. The highest BCUT2D eigenvalue weighted by atomic mass is 127. The molecular weight excluding hydrogens is 417 g/mol. The fourth-order valence-corrected chi connectivity index (χ4v) is 2.80. The zero-order chi connectivity index (χ0) is 15.1. The number of nitrogens with one attached hydrogen (secondary N) is 2. The van der Waals surface area contributed by atoms with Gasteiger partial charge in [-0.3, -0.25) is 4.99 Å². The smallest absolute Gasteiger partial charge is 0.191 e. The normalized spacial score (nSPS) is 21.6. The van der Waals surface area contributed by atoms with Gasteiger partial charge in [-0.25, -0.2) is 0 Å². The molecule has 2 heterocycles. The summed E-state index contributed by atoms with van der Waals surface area (Å²) in [5.74, 6) is 0.639. The summed E-state index contributed by atoms with van der Waals surface area (Å²) in [6, 6.07) is 1.93. The molecule has 1 fully saturated rings. The van der Waals surface area contributed by atoms with Gasteiger partial charge in [-0.15, -0.1) is 24.0 Å². The molecule has 0 aromatic carbocycles. The molecule has 0 radical (unpaired) electrons. The van der Waals surface area contributed by atoms with E-state index in [1.54, 1.807) is 25.3 Å². The van der Waals surface area contributed by atoms with E-state index in [0.29, 0.717) is 38.9 Å². The molecule has 3 N–H and O–H groups in total. The summed E-state index contributed by atoms with van der Waals surface area (Å²) in [7, 11) is 1.70. The Hall–Kier alpha value is -0.420. The summed E-state index contributed by atoms with van der Waals surface area (Å²) in [4.78, 5) is 4.15. The van der Waals surface area contributed by atoms with Gasteiger partial charge in [0.2, 0.25) is 0 Å². The molecule has 126 valence electrons. The fraction of sp³-hybridized carbons (Fsp3) is 0.643. The summed E-state index contributed by atoms with van der Waals surface area (Å²) in [6.45, 7) is 4.67. The van der Waals surface area contributed by atoms with Crippen molar-refractivity contribution in [2.45, 2.75) is 18.6 Å². The van der Waals surface area contributed by atoms with Crippen molar-refractivity contribution in [1.82, 2.24) is 10.6 Å². The Kier molecular flexibility index (Phi) is 8.62. The van der Waals surface area contributed by atoms with Crippen molar-refractivity contribution < 1.29 is 14.6 Å². The lowest BCUT2D eigenvalue weighted by Crippen LogP contribution is -2.47. The van der Waals surface area contributed by atoms with E-state index < -0.39 is 5.60 Å². The number of rotatable bonds is 5. The number of hydrogen-bond donors (Lipinski definition) is 3. The highest BCUT2D eigenvalue weighted by Gasteiger charge is 2.24. The molecule has 0 saturated carbocycles. The predicted octanol–water partition coefficient (Wildman–Crippen LogP) is 1.15. The number of aliphatic imine (C=N–C) groups is 1. The largest absolute Gasteiger partial charge is 0.384 e. The molecule has 2 unspecified atom stereocenters. The van der Waals surface area contributed by atoms with Crippen LogP contribution < -0.4 is 10.6 Å². The molecule has 1 saturated heterocycles. The van der Waals surface area contributed by atoms with E-state index in [1.165, 1.54) is 0 Å². The zero-order valence-corrected chi connectivity index (χ0v) is 16.0. The maximum Gasteiger partial charge on any atom is 0.191 e. The first-order valence-corrected chi connectivity index (χ1v) is 7.95. The van der Waals surface area contributed by atoms with Crippen LogP contribution in [-0.4, -0.2) is 57.1 Å². The summed E-state index contributed by atoms with van der Waals surface area (Å²) in [5, 5.41) is 20.7. The fourth-order valence-electron chi connectivity index (χ4n) is 2.01. The minimum absolute atomic E-state index is 0. The van der Waals surface area contributed by atoms with E-state index >= 15 is 0 Å². The summed E-state index contributed by atoms with van der Waals surface area (Å²) in [6.07, 6.45) is 0.0367. The Labute approximate surface area is 152 Å². The second-order valence-corrected chi connectivity index (χ2v) is 5.94. The maximum absolute atomic E-state index is 10.5. The minimum Gasteiger partial charge on any atom is -0.384 e. The minimum atomic E-state index is -0.929. The summed E-state index contributed by atoms with van der Waals surface area (Å²) < 4.78 is 10.9. The molecule has 22 heavy (non-hydrogen) atoms. The quantitative estimate of drug-likeness (QED) is 0.363. The van der Waals surface area contributed by atoms with Crippen LogP contribution in [0.4, 0.5) is 0 Å². The number of thiophene rings is 1. The maximum atomic E-state index is 10.5. The van der Waals surface area contributed by atoms with E-state index in [-0.39, 0.29) is 30.1 Å². The molecule has 0 aliphatic carbocycles. The Bertz CT molecular complexity index is 448. The first-order valence-electron chi connectivity index (χ1n) is 7.01. The van der Waals surface area contributed by atoms with E-state index in [4.69, 9.17) is 9.47 Å². The predicted molar refractivity (Wildman–Crippen MR) is 99.2 cm³/mol. The van der Waals surface area contributed by atoms with Gasteiger partial charge in [-0.2, -0.15) is 11.3 Å². The molecule has 1 aliphatic rings. The Morgan fingerprint density at radius 3 is 2.91 bits per heavy atom. The van der Waals surface area contributed by atoms with Gasteiger partial charge >= 0.3 is 0 Å². The SMILES string of the molecule is CN=C(NCC1COCCO1)NCC(C)(O)c1ccsc1.I. The molecule has 0 spiro atoms. The van der Waals surface area contributed by atoms with Gasteiger partial charge in [0.25, 0.3) is 0 Å². The average Bonchev–Trinajstić information content (AvgIpc) is 3.03. The molecule has 0 amide bonds. The van der Waals surface area contributed by atoms with Gasteiger partial charge in [0.15, 0.2) is 5.96 Å². The second kappa shape index (κ2) is 9.66. The van der Waals surface area contributed by atoms with Crippen LogP contribution in [0.1, 0.15) is 12.5 Å². The van der Waals surface area contributed by atoms with Crippen LogP contribution in [0.15, 0.2) is 21.8 Å². The van der Waals surface area contributed by atoms with E-state index in [2.05, 4.69) is 15.6 Å². The van der Waals surface area contributed by atoms with Crippen LogP contribution in [-0.2, 0) is 15.1 Å². The Morgan fingerprint density at radius 1 is 1.50 bits per heavy atom. The van der Waals surface area contributed by atoms with Crippen LogP contribution >= 0.6 is 35.3 Å². The van der Waals surface area contributed by atoms with Crippen molar-refractivity contribution in [2.75, 3.05) is 40.0 Å². The highest BCUT2D eigenvalue weighted by Crippen LogP contribution is 2.21. The number of halogens is 1. The van der Waals surface area contributed by atoms with E-state index in [0.717, 1.165) is 5.56 Å². The summed E-state index contributed by atoms with van der Waals surface area (Å²) in [5.41, 5.74) is -0.0262. The van der Waals surface area contributed by atoms with Crippen LogP contribution in [0, 0.1) is 0 Å². The van der Waals surface area contributed by atoms with E-state index in [1.807, 2.05) is 16.8 Å². The number of aliphatic hydroxyl groups is 1. The molecule has 1 aromatic rings. The lowest BCUT2D eigenvalue weighted by molar-refractivity contribution is -0.0850. The molecule has 2 rings (SSSR count). The van der Waals surface area contributed by atoms with Gasteiger partial charge in [-0.05, 0) is 29.3 Å². The average molecular weight is 441 g/mol. The Morgan fingerprint density at radius 2 is 2.32 bits per heavy atom. The van der Waals surface area contributed by atoms with Crippen molar-refractivity contribution >= 4 is 41.3 Å².